The van der Waals surface area contributed by atoms with Crippen molar-refractivity contribution in [1.29, 1.82) is 0 Å². The molecule has 0 saturated carbocycles. The summed E-state index contributed by atoms with van der Waals surface area (Å²) in [7, 11) is 0. The molecule has 0 radical (unpaired) electrons. The van der Waals surface area contributed by atoms with E-state index >= 15 is 0 Å². The quantitative estimate of drug-likeness (QED) is 0.851. The van der Waals surface area contributed by atoms with Gasteiger partial charge in [-0.3, -0.25) is 0 Å². The Morgan fingerprint density at radius 2 is 2.00 bits per heavy atom. The van der Waals surface area contributed by atoms with Crippen molar-refractivity contribution in [1.82, 2.24) is 0 Å². The number of carboxylic acid groups (broad SMARTS) is 1. The maximum atomic E-state index is 13.6. The van der Waals surface area contributed by atoms with Crippen molar-refractivity contribution in [3.05, 3.63) is 53.0 Å². The van der Waals surface area contributed by atoms with Gasteiger partial charge in [-0.05, 0) is 24.5 Å². The number of rotatable bonds is 6. The first-order valence-electron chi connectivity index (χ1n) is 6.04. The first-order chi connectivity index (χ1) is 10.0. The minimum Gasteiger partial charge on any atom is -0.478 e. The van der Waals surface area contributed by atoms with Gasteiger partial charge in [0.1, 0.15) is 23.2 Å². The molecule has 2 aromatic rings. The van der Waals surface area contributed by atoms with E-state index in [1.165, 1.54) is 0 Å². The first kappa shape index (κ1) is 15.4. The summed E-state index contributed by atoms with van der Waals surface area (Å²) in [5.74, 6) is -1.30. The Kier molecular flexibility index (Phi) is 4.85. The van der Waals surface area contributed by atoms with Crippen molar-refractivity contribution in [2.45, 2.75) is 12.3 Å². The number of hydrogen-bond donors (Lipinski definition) is 2. The summed E-state index contributed by atoms with van der Waals surface area (Å²) >= 11 is 1.61. The third-order valence-corrected chi connectivity index (χ3v) is 3.32. The Morgan fingerprint density at radius 3 is 2.67 bits per heavy atom. The molecule has 0 spiro atoms. The van der Waals surface area contributed by atoms with Crippen molar-refractivity contribution >= 4 is 23.4 Å². The van der Waals surface area contributed by atoms with Gasteiger partial charge in [-0.2, -0.15) is 11.8 Å². The Balaban J connectivity index is 2.11. The molecule has 0 aliphatic heterocycles. The first-order valence-corrected chi connectivity index (χ1v) is 7.43. The molecule has 112 valence electrons. The molecule has 21 heavy (non-hydrogen) atoms. The van der Waals surface area contributed by atoms with Crippen molar-refractivity contribution in [2.24, 2.45) is 0 Å². The van der Waals surface area contributed by atoms with E-state index in [1.807, 2.05) is 12.3 Å². The molecule has 0 aliphatic carbocycles. The number of thioether (sulfide) groups is 1. The number of furan rings is 1. The molecule has 0 saturated heterocycles. The van der Waals surface area contributed by atoms with Gasteiger partial charge in [0, 0.05) is 6.07 Å². The number of aromatic carboxylic acids is 1. The standard InChI is InChI=1S/C14H13F2NO3S/c1-21-7-9-3-2-8(20-9)6-17-13-4-10(14(18)19)11(15)5-12(13)16/h2-5,17H,6-7H2,1H3,(H,18,19). The molecule has 0 amide bonds. The normalized spacial score (nSPS) is 10.6. The highest BCUT2D eigenvalue weighted by atomic mass is 32.2. The molecule has 4 nitrogen and oxygen atoms in total. The number of nitrogens with one attached hydrogen (secondary N) is 1. The van der Waals surface area contributed by atoms with E-state index in [0.717, 1.165) is 17.6 Å². The van der Waals surface area contributed by atoms with Gasteiger partial charge in [-0.25, -0.2) is 13.6 Å². The van der Waals surface area contributed by atoms with Crippen molar-refractivity contribution in [3.8, 4) is 0 Å². The van der Waals surface area contributed by atoms with E-state index in [9.17, 15) is 13.6 Å². The van der Waals surface area contributed by atoms with Gasteiger partial charge in [0.2, 0.25) is 0 Å². The van der Waals surface area contributed by atoms with Crippen LogP contribution in [-0.2, 0) is 12.3 Å². The van der Waals surface area contributed by atoms with Gasteiger partial charge >= 0.3 is 5.97 Å². The maximum absolute atomic E-state index is 13.6. The summed E-state index contributed by atoms with van der Waals surface area (Å²) in [6.07, 6.45) is 1.95. The van der Waals surface area contributed by atoms with Gasteiger partial charge in [-0.1, -0.05) is 0 Å². The second kappa shape index (κ2) is 6.62. The Labute approximate surface area is 124 Å². The minimum absolute atomic E-state index is 0.0865. The lowest BCUT2D eigenvalue weighted by Crippen LogP contribution is -2.06. The summed E-state index contributed by atoms with van der Waals surface area (Å²) in [4.78, 5) is 10.8. The Hall–Kier alpha value is -2.02. The van der Waals surface area contributed by atoms with Crippen molar-refractivity contribution in [3.63, 3.8) is 0 Å². The van der Waals surface area contributed by atoms with E-state index in [2.05, 4.69) is 5.32 Å². The molecule has 0 bridgehead atoms. The number of carbonyl (C=O) groups is 1. The number of hydrogen-bond acceptors (Lipinski definition) is 4. The zero-order valence-electron chi connectivity index (χ0n) is 11.2. The molecule has 0 unspecified atom stereocenters. The van der Waals surface area contributed by atoms with Crippen LogP contribution in [0, 0.1) is 11.6 Å². The number of carboxylic acids is 1. The Bertz CT molecular complexity index is 658. The highest BCUT2D eigenvalue weighted by Crippen LogP contribution is 2.21. The summed E-state index contributed by atoms with van der Waals surface area (Å²) in [6, 6.07) is 5.04. The predicted molar refractivity (Wildman–Crippen MR) is 76.6 cm³/mol. The van der Waals surface area contributed by atoms with Crippen LogP contribution in [-0.4, -0.2) is 17.3 Å². The predicted octanol–water partition coefficient (Wildman–Crippen LogP) is 3.73. The van der Waals surface area contributed by atoms with Gasteiger partial charge < -0.3 is 14.8 Å². The molecular formula is C14H13F2NO3S. The summed E-state index contributed by atoms with van der Waals surface area (Å²) in [5.41, 5.74) is -0.668. The highest BCUT2D eigenvalue weighted by Gasteiger charge is 2.15. The van der Waals surface area contributed by atoms with Crippen LogP contribution in [0.15, 0.2) is 28.7 Å². The van der Waals surface area contributed by atoms with Crippen LogP contribution in [0.3, 0.4) is 0 Å². The molecule has 7 heteroatoms. The summed E-state index contributed by atoms with van der Waals surface area (Å²) in [6.45, 7) is 0.177. The molecule has 0 fully saturated rings. The number of benzene rings is 1. The SMILES string of the molecule is CSCc1ccc(CNc2cc(C(=O)O)c(F)cc2F)o1. The summed E-state index contributed by atoms with van der Waals surface area (Å²) in [5, 5.41) is 11.5. The van der Waals surface area contributed by atoms with E-state index in [4.69, 9.17) is 9.52 Å². The lowest BCUT2D eigenvalue weighted by Gasteiger charge is -2.08. The summed E-state index contributed by atoms with van der Waals surface area (Å²) < 4.78 is 32.3. The largest absolute Gasteiger partial charge is 0.478 e. The average molecular weight is 313 g/mol. The lowest BCUT2D eigenvalue weighted by molar-refractivity contribution is 0.0692. The third kappa shape index (κ3) is 3.75. The van der Waals surface area contributed by atoms with E-state index < -0.39 is 23.2 Å². The van der Waals surface area contributed by atoms with E-state index in [1.54, 1.807) is 17.8 Å². The van der Waals surface area contributed by atoms with Crippen LogP contribution in [0.4, 0.5) is 14.5 Å². The fourth-order valence-electron chi connectivity index (χ4n) is 1.77. The monoisotopic (exact) mass is 313 g/mol. The fraction of sp³-hybridized carbons (Fsp3) is 0.214. The minimum atomic E-state index is -1.45. The van der Waals surface area contributed by atoms with Crippen LogP contribution in [0.2, 0.25) is 0 Å². The van der Waals surface area contributed by atoms with Gasteiger partial charge in [0.05, 0.1) is 23.5 Å². The zero-order valence-corrected chi connectivity index (χ0v) is 12.0. The van der Waals surface area contributed by atoms with Gasteiger partial charge in [-0.15, -0.1) is 0 Å². The molecule has 2 rings (SSSR count). The van der Waals surface area contributed by atoms with Crippen molar-refractivity contribution < 1.29 is 23.1 Å². The second-order valence-corrected chi connectivity index (χ2v) is 5.14. The fourth-order valence-corrected chi connectivity index (χ4v) is 2.21. The molecule has 1 aromatic carbocycles. The molecule has 1 heterocycles. The highest BCUT2D eigenvalue weighted by molar-refractivity contribution is 7.97. The molecule has 2 N–H and O–H groups in total. The van der Waals surface area contributed by atoms with Crippen LogP contribution < -0.4 is 5.32 Å². The van der Waals surface area contributed by atoms with Crippen LogP contribution in [0.1, 0.15) is 21.9 Å². The van der Waals surface area contributed by atoms with E-state index in [0.29, 0.717) is 11.8 Å². The molecular weight excluding hydrogens is 300 g/mol. The van der Waals surface area contributed by atoms with Crippen LogP contribution in [0.25, 0.3) is 0 Å². The maximum Gasteiger partial charge on any atom is 0.338 e. The number of halogens is 2. The molecule has 0 atom stereocenters. The van der Waals surface area contributed by atoms with Gasteiger partial charge in [0.25, 0.3) is 0 Å². The second-order valence-electron chi connectivity index (χ2n) is 4.27. The topological polar surface area (TPSA) is 62.5 Å². The molecule has 1 aromatic heterocycles. The Morgan fingerprint density at radius 1 is 1.29 bits per heavy atom. The van der Waals surface area contributed by atoms with Crippen molar-refractivity contribution in [2.75, 3.05) is 11.6 Å². The van der Waals surface area contributed by atoms with Gasteiger partial charge in [0.15, 0.2) is 0 Å². The zero-order chi connectivity index (χ0) is 15.4. The lowest BCUT2D eigenvalue weighted by atomic mass is 10.1. The van der Waals surface area contributed by atoms with Crippen LogP contribution in [0.5, 0.6) is 0 Å². The van der Waals surface area contributed by atoms with E-state index in [-0.39, 0.29) is 12.2 Å². The third-order valence-electron chi connectivity index (χ3n) is 2.74. The average Bonchev–Trinajstić information content (AvgIpc) is 2.85. The smallest absolute Gasteiger partial charge is 0.338 e. The number of anilines is 1. The molecule has 0 aliphatic rings. The van der Waals surface area contributed by atoms with Crippen LogP contribution >= 0.6 is 11.8 Å².